The third-order valence-electron chi connectivity index (χ3n) is 6.47. The molecule has 0 fully saturated rings. The number of fused-ring (bicyclic) bond motifs is 5. The van der Waals surface area contributed by atoms with Gasteiger partial charge >= 0.3 is 0 Å². The summed E-state index contributed by atoms with van der Waals surface area (Å²) in [5.41, 5.74) is 6.43. The third-order valence-corrected chi connectivity index (χ3v) is 6.47. The summed E-state index contributed by atoms with van der Waals surface area (Å²) in [6.45, 7) is 0. The van der Waals surface area contributed by atoms with E-state index in [1.807, 2.05) is 72.9 Å². The number of benzene rings is 4. The Hall–Kier alpha value is -4.70. The lowest BCUT2D eigenvalue weighted by Gasteiger charge is -2.15. The van der Waals surface area contributed by atoms with E-state index in [0.29, 0.717) is 16.5 Å². The van der Waals surface area contributed by atoms with Crippen molar-refractivity contribution in [1.82, 2.24) is 9.55 Å². The lowest BCUT2D eigenvalue weighted by atomic mass is 10.0. The molecule has 0 N–H and O–H groups in total. The Labute approximate surface area is 194 Å². The number of aromatic nitrogens is 2. The van der Waals surface area contributed by atoms with Crippen molar-refractivity contribution in [2.45, 2.75) is 0 Å². The first-order valence-electron chi connectivity index (χ1n) is 11.2. The molecule has 0 radical (unpaired) electrons. The molecular formula is C30H18N2O2. The average molecular weight is 438 g/mol. The average Bonchev–Trinajstić information content (AvgIpc) is 3.27. The van der Waals surface area contributed by atoms with Crippen molar-refractivity contribution in [3.63, 3.8) is 0 Å². The first-order valence-corrected chi connectivity index (χ1v) is 11.2. The fraction of sp³-hybridized carbons (Fsp3) is 0. The van der Waals surface area contributed by atoms with E-state index in [1.165, 1.54) is 0 Å². The molecule has 160 valence electrons. The highest BCUT2D eigenvalue weighted by atomic mass is 16.3. The zero-order valence-electron chi connectivity index (χ0n) is 18.1. The standard InChI is InChI=1S/C30H18N2O2/c33-29-23-8-1-4-10-26(23)32(27-11-5-2-9-24(27)29)21-15-13-19(14-16-21)20-17-25-22-7-3-6-12-28(22)34-30(25)31-18-20/h1-18H. The molecular weight excluding hydrogens is 420 g/mol. The largest absolute Gasteiger partial charge is 0.438 e. The molecule has 3 aromatic heterocycles. The zero-order valence-corrected chi connectivity index (χ0v) is 18.1. The zero-order chi connectivity index (χ0) is 22.6. The van der Waals surface area contributed by atoms with Crippen LogP contribution in [0.4, 0.5) is 0 Å². The topological polar surface area (TPSA) is 48.0 Å². The quantitative estimate of drug-likeness (QED) is 0.270. The number of hydrogen-bond acceptors (Lipinski definition) is 3. The Morgan fingerprint density at radius 3 is 1.94 bits per heavy atom. The number of pyridine rings is 2. The SMILES string of the molecule is O=c1c2ccccc2n(-c2ccc(-c3cnc4oc5ccccc5c4c3)cc2)c2ccccc12. The monoisotopic (exact) mass is 438 g/mol. The first kappa shape index (κ1) is 18.8. The predicted octanol–water partition coefficient (Wildman–Crippen LogP) is 7.11. The van der Waals surface area contributed by atoms with Crippen LogP contribution in [0.5, 0.6) is 0 Å². The van der Waals surface area contributed by atoms with Crippen LogP contribution >= 0.6 is 0 Å². The maximum atomic E-state index is 13.1. The van der Waals surface area contributed by atoms with Crippen molar-refractivity contribution in [2.75, 3.05) is 0 Å². The van der Waals surface area contributed by atoms with E-state index in [4.69, 9.17) is 4.42 Å². The number of nitrogens with zero attached hydrogens (tertiary/aromatic N) is 2. The van der Waals surface area contributed by atoms with Crippen LogP contribution in [0, 0.1) is 0 Å². The van der Waals surface area contributed by atoms with Gasteiger partial charge in [0, 0.05) is 39.0 Å². The summed E-state index contributed by atoms with van der Waals surface area (Å²) in [5.74, 6) is 0. The molecule has 0 spiro atoms. The number of furan rings is 1. The molecule has 0 unspecified atom stereocenters. The minimum absolute atomic E-state index is 0.0609. The summed E-state index contributed by atoms with van der Waals surface area (Å²) >= 11 is 0. The fourth-order valence-corrected chi connectivity index (χ4v) is 4.84. The molecule has 7 rings (SSSR count). The van der Waals surface area contributed by atoms with Gasteiger partial charge in [-0.25, -0.2) is 4.98 Å². The van der Waals surface area contributed by atoms with Crippen LogP contribution in [0.25, 0.3) is 60.7 Å². The molecule has 0 bridgehead atoms. The molecule has 0 aliphatic rings. The highest BCUT2D eigenvalue weighted by Gasteiger charge is 2.13. The second-order valence-electron chi connectivity index (χ2n) is 8.42. The molecule has 34 heavy (non-hydrogen) atoms. The molecule has 7 aromatic rings. The van der Waals surface area contributed by atoms with Crippen molar-refractivity contribution in [3.8, 4) is 16.8 Å². The minimum atomic E-state index is 0.0609. The molecule has 0 atom stereocenters. The van der Waals surface area contributed by atoms with Crippen LogP contribution in [-0.4, -0.2) is 9.55 Å². The molecule has 4 heteroatoms. The Bertz CT molecular complexity index is 1870. The van der Waals surface area contributed by atoms with Gasteiger partial charge in [0.1, 0.15) is 5.58 Å². The normalized spacial score (nSPS) is 11.6. The van der Waals surface area contributed by atoms with Crippen LogP contribution in [0.1, 0.15) is 0 Å². The van der Waals surface area contributed by atoms with Gasteiger partial charge in [0.15, 0.2) is 5.43 Å². The summed E-state index contributed by atoms with van der Waals surface area (Å²) in [4.78, 5) is 17.6. The molecule has 0 aliphatic carbocycles. The van der Waals surface area contributed by atoms with E-state index in [0.717, 1.165) is 44.2 Å². The maximum Gasteiger partial charge on any atom is 0.227 e. The van der Waals surface area contributed by atoms with Gasteiger partial charge in [-0.05, 0) is 54.1 Å². The number of para-hydroxylation sites is 3. The van der Waals surface area contributed by atoms with Crippen LogP contribution in [0.3, 0.4) is 0 Å². The van der Waals surface area contributed by atoms with E-state index in [9.17, 15) is 4.79 Å². The van der Waals surface area contributed by atoms with Gasteiger partial charge in [-0.15, -0.1) is 0 Å². The Kier molecular flexibility index (Phi) is 3.96. The summed E-state index contributed by atoms with van der Waals surface area (Å²) in [6, 6.07) is 34.1. The molecule has 3 heterocycles. The van der Waals surface area contributed by atoms with Gasteiger partial charge in [-0.2, -0.15) is 0 Å². The van der Waals surface area contributed by atoms with Gasteiger partial charge in [-0.3, -0.25) is 4.79 Å². The summed E-state index contributed by atoms with van der Waals surface area (Å²) in [7, 11) is 0. The van der Waals surface area contributed by atoms with E-state index < -0.39 is 0 Å². The summed E-state index contributed by atoms with van der Waals surface area (Å²) < 4.78 is 8.03. The van der Waals surface area contributed by atoms with Gasteiger partial charge in [-0.1, -0.05) is 54.6 Å². The third kappa shape index (κ3) is 2.72. The van der Waals surface area contributed by atoms with E-state index >= 15 is 0 Å². The Balaban J connectivity index is 1.41. The fourth-order valence-electron chi connectivity index (χ4n) is 4.84. The van der Waals surface area contributed by atoms with Gasteiger partial charge in [0.25, 0.3) is 0 Å². The van der Waals surface area contributed by atoms with Gasteiger partial charge < -0.3 is 8.98 Å². The van der Waals surface area contributed by atoms with Gasteiger partial charge in [0.05, 0.1) is 11.0 Å². The summed E-state index contributed by atoms with van der Waals surface area (Å²) in [5, 5.41) is 3.50. The molecule has 0 aliphatic heterocycles. The van der Waals surface area contributed by atoms with E-state index in [1.54, 1.807) is 0 Å². The molecule has 0 saturated carbocycles. The number of rotatable bonds is 2. The van der Waals surface area contributed by atoms with Crippen molar-refractivity contribution in [3.05, 3.63) is 120 Å². The maximum absolute atomic E-state index is 13.1. The van der Waals surface area contributed by atoms with Crippen LogP contribution in [0.15, 0.2) is 119 Å². The highest BCUT2D eigenvalue weighted by Crippen LogP contribution is 2.31. The molecule has 0 saturated heterocycles. The van der Waals surface area contributed by atoms with Crippen LogP contribution in [-0.2, 0) is 0 Å². The second kappa shape index (κ2) is 7.15. The van der Waals surface area contributed by atoms with E-state index in [2.05, 4.69) is 45.9 Å². The van der Waals surface area contributed by atoms with E-state index in [-0.39, 0.29) is 5.43 Å². The molecule has 4 nitrogen and oxygen atoms in total. The predicted molar refractivity (Wildman–Crippen MR) is 138 cm³/mol. The smallest absolute Gasteiger partial charge is 0.227 e. The second-order valence-corrected chi connectivity index (χ2v) is 8.42. The lowest BCUT2D eigenvalue weighted by molar-refractivity contribution is 0.654. The molecule has 4 aromatic carbocycles. The Morgan fingerprint density at radius 2 is 1.24 bits per heavy atom. The van der Waals surface area contributed by atoms with Crippen molar-refractivity contribution >= 4 is 43.9 Å². The van der Waals surface area contributed by atoms with Crippen molar-refractivity contribution in [1.29, 1.82) is 0 Å². The minimum Gasteiger partial charge on any atom is -0.438 e. The van der Waals surface area contributed by atoms with Crippen molar-refractivity contribution in [2.24, 2.45) is 0 Å². The summed E-state index contributed by atoms with van der Waals surface area (Å²) in [6.07, 6.45) is 1.85. The van der Waals surface area contributed by atoms with Crippen LogP contribution in [0.2, 0.25) is 0 Å². The van der Waals surface area contributed by atoms with Gasteiger partial charge in [0.2, 0.25) is 5.71 Å². The number of hydrogen-bond donors (Lipinski definition) is 0. The van der Waals surface area contributed by atoms with Crippen molar-refractivity contribution < 1.29 is 4.42 Å². The first-order chi connectivity index (χ1) is 16.8. The molecule has 0 amide bonds. The van der Waals surface area contributed by atoms with Crippen LogP contribution < -0.4 is 5.43 Å². The highest BCUT2D eigenvalue weighted by molar-refractivity contribution is 6.04. The lowest BCUT2D eigenvalue weighted by Crippen LogP contribution is -2.10. The Morgan fingerprint density at radius 1 is 0.618 bits per heavy atom.